The van der Waals surface area contributed by atoms with Gasteiger partial charge in [-0.3, -0.25) is 4.79 Å². The van der Waals surface area contributed by atoms with E-state index in [0.717, 1.165) is 16.1 Å². The highest BCUT2D eigenvalue weighted by atomic mass is 32.2. The molecule has 31 heavy (non-hydrogen) atoms. The molecule has 6 nitrogen and oxygen atoms in total. The first-order valence-corrected chi connectivity index (χ1v) is 12.3. The summed E-state index contributed by atoms with van der Waals surface area (Å²) < 4.78 is 26.8. The minimum atomic E-state index is -3.54. The Morgan fingerprint density at radius 2 is 1.58 bits per heavy atom. The molecule has 0 unspecified atom stereocenters. The minimum absolute atomic E-state index is 0.0960. The van der Waals surface area contributed by atoms with E-state index in [1.165, 1.54) is 21.1 Å². The molecular formula is C23H23N3O3S2. The quantitative estimate of drug-likeness (QED) is 0.588. The van der Waals surface area contributed by atoms with E-state index in [-0.39, 0.29) is 19.0 Å². The molecule has 1 fully saturated rings. The number of aryl methyl sites for hydroxylation is 1. The van der Waals surface area contributed by atoms with E-state index < -0.39 is 10.0 Å². The summed E-state index contributed by atoms with van der Waals surface area (Å²) in [5, 5.41) is 2.06. The standard InChI is InChI=1S/C23H23N3O3S2/c1-18-24-21(20-10-6-3-7-11-20)22(30-18)23(27)25-13-15-26(16-14-25)31(28,29)17-12-19-8-4-2-5-9-19/h2-12,17H,13-16H2,1H3. The first-order chi connectivity index (χ1) is 14.9. The zero-order valence-electron chi connectivity index (χ0n) is 17.1. The summed E-state index contributed by atoms with van der Waals surface area (Å²) in [6.07, 6.45) is 1.60. The van der Waals surface area contributed by atoms with E-state index in [9.17, 15) is 13.2 Å². The van der Waals surface area contributed by atoms with Crippen molar-refractivity contribution >= 4 is 33.3 Å². The third-order valence-electron chi connectivity index (χ3n) is 5.09. The lowest BCUT2D eigenvalue weighted by atomic mass is 10.1. The average Bonchev–Trinajstić information content (AvgIpc) is 3.20. The molecule has 1 aliphatic heterocycles. The van der Waals surface area contributed by atoms with Crippen LogP contribution in [-0.4, -0.2) is 54.7 Å². The van der Waals surface area contributed by atoms with Gasteiger partial charge < -0.3 is 4.90 Å². The molecule has 0 N–H and O–H groups in total. The van der Waals surface area contributed by atoms with E-state index in [2.05, 4.69) is 4.98 Å². The van der Waals surface area contributed by atoms with Gasteiger partial charge in [-0.2, -0.15) is 4.31 Å². The molecule has 2 aromatic carbocycles. The molecule has 0 spiro atoms. The number of hydrogen-bond donors (Lipinski definition) is 0. The van der Waals surface area contributed by atoms with Crippen LogP contribution in [0.25, 0.3) is 17.3 Å². The van der Waals surface area contributed by atoms with E-state index in [1.54, 1.807) is 11.0 Å². The van der Waals surface area contributed by atoms with E-state index in [1.807, 2.05) is 67.6 Å². The van der Waals surface area contributed by atoms with Crippen LogP contribution in [0.2, 0.25) is 0 Å². The van der Waals surface area contributed by atoms with Gasteiger partial charge >= 0.3 is 0 Å². The fourth-order valence-corrected chi connectivity index (χ4v) is 5.55. The molecule has 0 bridgehead atoms. The second-order valence-electron chi connectivity index (χ2n) is 7.23. The van der Waals surface area contributed by atoms with Gasteiger partial charge in [-0.05, 0) is 18.6 Å². The number of benzene rings is 2. The maximum atomic E-state index is 13.2. The molecule has 1 amide bonds. The smallest absolute Gasteiger partial charge is 0.266 e. The van der Waals surface area contributed by atoms with E-state index in [4.69, 9.17) is 0 Å². The van der Waals surface area contributed by atoms with E-state index >= 15 is 0 Å². The maximum absolute atomic E-state index is 13.2. The Bertz CT molecular complexity index is 1180. The molecule has 3 aromatic rings. The van der Waals surface area contributed by atoms with Crippen molar-refractivity contribution in [3.8, 4) is 11.3 Å². The molecule has 4 rings (SSSR count). The first-order valence-electron chi connectivity index (χ1n) is 9.99. The number of amides is 1. The maximum Gasteiger partial charge on any atom is 0.266 e. The van der Waals surface area contributed by atoms with Crippen molar-refractivity contribution in [2.24, 2.45) is 0 Å². The molecule has 1 aromatic heterocycles. The van der Waals surface area contributed by atoms with Crippen LogP contribution in [0.15, 0.2) is 66.1 Å². The molecule has 2 heterocycles. The van der Waals surface area contributed by atoms with Crippen molar-refractivity contribution in [3.05, 3.63) is 81.5 Å². The summed E-state index contributed by atoms with van der Waals surface area (Å²) in [6.45, 7) is 3.12. The van der Waals surface area contributed by atoms with Gasteiger partial charge in [-0.15, -0.1) is 11.3 Å². The lowest BCUT2D eigenvalue weighted by Gasteiger charge is -2.33. The Labute approximate surface area is 186 Å². The second kappa shape index (κ2) is 9.13. The molecule has 8 heteroatoms. The summed E-state index contributed by atoms with van der Waals surface area (Å²) in [5.41, 5.74) is 2.42. The largest absolute Gasteiger partial charge is 0.335 e. The van der Waals surface area contributed by atoms with Crippen LogP contribution >= 0.6 is 11.3 Å². The van der Waals surface area contributed by atoms with Crippen molar-refractivity contribution in [2.45, 2.75) is 6.92 Å². The number of carbonyl (C=O) groups is 1. The van der Waals surface area contributed by atoms with Crippen LogP contribution in [0, 0.1) is 6.92 Å². The van der Waals surface area contributed by atoms with Gasteiger partial charge in [0.25, 0.3) is 5.91 Å². The van der Waals surface area contributed by atoms with Crippen LogP contribution in [0.1, 0.15) is 20.2 Å². The van der Waals surface area contributed by atoms with Crippen molar-refractivity contribution < 1.29 is 13.2 Å². The summed E-state index contributed by atoms with van der Waals surface area (Å²) in [7, 11) is -3.54. The molecule has 0 atom stereocenters. The highest BCUT2D eigenvalue weighted by Gasteiger charge is 2.30. The number of sulfonamides is 1. The Kier molecular flexibility index (Phi) is 6.31. The van der Waals surface area contributed by atoms with Crippen LogP contribution in [0.3, 0.4) is 0 Å². The number of carbonyl (C=O) groups excluding carboxylic acids is 1. The molecule has 0 radical (unpaired) electrons. The van der Waals surface area contributed by atoms with Crippen molar-refractivity contribution in [3.63, 3.8) is 0 Å². The van der Waals surface area contributed by atoms with Crippen LogP contribution in [-0.2, 0) is 10.0 Å². The monoisotopic (exact) mass is 453 g/mol. The van der Waals surface area contributed by atoms with Gasteiger partial charge in [0.05, 0.1) is 10.7 Å². The highest BCUT2D eigenvalue weighted by molar-refractivity contribution is 7.92. The lowest BCUT2D eigenvalue weighted by Crippen LogP contribution is -2.50. The lowest BCUT2D eigenvalue weighted by molar-refractivity contribution is 0.0704. The first kappa shape index (κ1) is 21.4. The van der Waals surface area contributed by atoms with Gasteiger partial charge in [-0.1, -0.05) is 60.7 Å². The Morgan fingerprint density at radius 3 is 2.23 bits per heavy atom. The Balaban J connectivity index is 1.45. The van der Waals surface area contributed by atoms with Crippen LogP contribution in [0.5, 0.6) is 0 Å². The normalized spacial score (nSPS) is 15.5. The zero-order valence-corrected chi connectivity index (χ0v) is 18.8. The Hall–Kier alpha value is -2.81. The fraction of sp³-hybridized carbons (Fsp3) is 0.217. The van der Waals surface area contributed by atoms with Gasteiger partial charge in [0, 0.05) is 37.2 Å². The number of aromatic nitrogens is 1. The van der Waals surface area contributed by atoms with Gasteiger partial charge in [0.1, 0.15) is 4.88 Å². The molecule has 160 valence electrons. The summed E-state index contributed by atoms with van der Waals surface area (Å²) in [6, 6.07) is 19.0. The van der Waals surface area contributed by atoms with Gasteiger partial charge in [0.2, 0.25) is 10.0 Å². The van der Waals surface area contributed by atoms with Crippen molar-refractivity contribution in [1.82, 2.24) is 14.2 Å². The van der Waals surface area contributed by atoms with Gasteiger partial charge in [-0.25, -0.2) is 13.4 Å². The fourth-order valence-electron chi connectivity index (χ4n) is 3.47. The third kappa shape index (κ3) is 4.92. The van der Waals surface area contributed by atoms with E-state index in [0.29, 0.717) is 23.7 Å². The van der Waals surface area contributed by atoms with Crippen LogP contribution < -0.4 is 0 Å². The number of nitrogens with zero attached hydrogens (tertiary/aromatic N) is 3. The third-order valence-corrected chi connectivity index (χ3v) is 7.62. The topological polar surface area (TPSA) is 70.6 Å². The summed E-state index contributed by atoms with van der Waals surface area (Å²) in [5.74, 6) is -0.0960. The molecular weight excluding hydrogens is 430 g/mol. The number of hydrogen-bond acceptors (Lipinski definition) is 5. The second-order valence-corrected chi connectivity index (χ2v) is 10.2. The number of piperazine rings is 1. The molecule has 0 saturated carbocycles. The average molecular weight is 454 g/mol. The SMILES string of the molecule is Cc1nc(-c2ccccc2)c(C(=O)N2CCN(S(=O)(=O)C=Cc3ccccc3)CC2)s1. The molecule has 1 saturated heterocycles. The van der Waals surface area contributed by atoms with Gasteiger partial charge in [0.15, 0.2) is 0 Å². The zero-order chi connectivity index (χ0) is 21.8. The summed E-state index contributed by atoms with van der Waals surface area (Å²) >= 11 is 1.38. The predicted molar refractivity (Wildman–Crippen MR) is 124 cm³/mol. The number of rotatable bonds is 5. The minimum Gasteiger partial charge on any atom is -0.335 e. The summed E-state index contributed by atoms with van der Waals surface area (Å²) in [4.78, 5) is 20.1. The van der Waals surface area contributed by atoms with Crippen molar-refractivity contribution in [2.75, 3.05) is 26.2 Å². The predicted octanol–water partition coefficient (Wildman–Crippen LogP) is 3.88. The highest BCUT2D eigenvalue weighted by Crippen LogP contribution is 2.29. The number of thiazole rings is 1. The van der Waals surface area contributed by atoms with Crippen LogP contribution in [0.4, 0.5) is 0 Å². The Morgan fingerprint density at radius 1 is 0.968 bits per heavy atom. The molecule has 1 aliphatic rings. The molecule has 0 aliphatic carbocycles. The van der Waals surface area contributed by atoms with Crippen molar-refractivity contribution in [1.29, 1.82) is 0 Å².